The van der Waals surface area contributed by atoms with Gasteiger partial charge in [-0.05, 0) is 43.2 Å². The normalized spacial score (nSPS) is 16.5. The summed E-state index contributed by atoms with van der Waals surface area (Å²) in [4.78, 5) is 1.49. The molecule has 1 N–H and O–H groups in total. The summed E-state index contributed by atoms with van der Waals surface area (Å²) in [6.07, 6.45) is 3.87. The van der Waals surface area contributed by atoms with Crippen molar-refractivity contribution in [3.63, 3.8) is 0 Å². The molecule has 19 heavy (non-hydrogen) atoms. The Bertz CT molecular complexity index is 514. The highest BCUT2D eigenvalue weighted by Gasteiger charge is 2.22. The molecular formula is C17H21NS. The molecule has 1 atom stereocenters. The van der Waals surface area contributed by atoms with Crippen molar-refractivity contribution in [2.24, 2.45) is 0 Å². The second-order valence-electron chi connectivity index (χ2n) is 5.58. The summed E-state index contributed by atoms with van der Waals surface area (Å²) in [7, 11) is 0. The fraction of sp³-hybridized carbons (Fsp3) is 0.412. The van der Waals surface area contributed by atoms with Crippen LogP contribution in [0.4, 0.5) is 0 Å². The van der Waals surface area contributed by atoms with Gasteiger partial charge < -0.3 is 5.32 Å². The van der Waals surface area contributed by atoms with E-state index in [1.54, 1.807) is 0 Å². The highest BCUT2D eigenvalue weighted by atomic mass is 32.1. The molecule has 1 saturated carbocycles. The van der Waals surface area contributed by atoms with E-state index in [0.717, 1.165) is 19.0 Å². The minimum Gasteiger partial charge on any atom is -0.313 e. The predicted octanol–water partition coefficient (Wildman–Crippen LogP) is 4.13. The lowest BCUT2D eigenvalue weighted by atomic mass is 9.93. The molecule has 0 amide bonds. The van der Waals surface area contributed by atoms with Gasteiger partial charge in [0.15, 0.2) is 0 Å². The molecule has 1 heterocycles. The minimum absolute atomic E-state index is 0.596. The largest absolute Gasteiger partial charge is 0.313 e. The van der Waals surface area contributed by atoms with Gasteiger partial charge in [0.2, 0.25) is 0 Å². The van der Waals surface area contributed by atoms with Crippen LogP contribution < -0.4 is 5.32 Å². The van der Waals surface area contributed by atoms with E-state index in [-0.39, 0.29) is 0 Å². The Balaban J connectivity index is 1.73. The Morgan fingerprint density at radius 2 is 2.16 bits per heavy atom. The summed E-state index contributed by atoms with van der Waals surface area (Å²) >= 11 is 1.87. The lowest BCUT2D eigenvalue weighted by Crippen LogP contribution is -2.24. The zero-order chi connectivity index (χ0) is 13.1. The molecule has 100 valence electrons. The van der Waals surface area contributed by atoms with Crippen LogP contribution in [0.1, 0.15) is 34.8 Å². The van der Waals surface area contributed by atoms with Crippen molar-refractivity contribution in [3.05, 3.63) is 57.8 Å². The molecule has 0 radical (unpaired) electrons. The van der Waals surface area contributed by atoms with E-state index < -0.39 is 0 Å². The van der Waals surface area contributed by atoms with E-state index in [4.69, 9.17) is 0 Å². The third-order valence-electron chi connectivity index (χ3n) is 3.77. The second kappa shape index (κ2) is 5.89. The van der Waals surface area contributed by atoms with Crippen molar-refractivity contribution in [1.29, 1.82) is 0 Å². The number of benzene rings is 1. The quantitative estimate of drug-likeness (QED) is 0.833. The van der Waals surface area contributed by atoms with Crippen molar-refractivity contribution in [3.8, 4) is 0 Å². The zero-order valence-corrected chi connectivity index (χ0v) is 12.2. The molecule has 2 aromatic rings. The first-order valence-electron chi connectivity index (χ1n) is 7.13. The van der Waals surface area contributed by atoms with Crippen molar-refractivity contribution in [1.82, 2.24) is 5.32 Å². The van der Waals surface area contributed by atoms with Gasteiger partial charge in [-0.2, -0.15) is 0 Å². The Kier molecular flexibility index (Phi) is 4.00. The maximum Gasteiger partial charge on any atom is 0.00684 e. The van der Waals surface area contributed by atoms with Crippen molar-refractivity contribution >= 4 is 11.3 Å². The molecule has 1 aliphatic carbocycles. The van der Waals surface area contributed by atoms with Crippen LogP contribution in [0.15, 0.2) is 41.8 Å². The van der Waals surface area contributed by atoms with Crippen molar-refractivity contribution in [2.45, 2.75) is 38.1 Å². The topological polar surface area (TPSA) is 12.0 Å². The molecule has 0 spiro atoms. The lowest BCUT2D eigenvalue weighted by Gasteiger charge is -2.18. The Hall–Kier alpha value is -1.12. The first kappa shape index (κ1) is 12.9. The molecule has 1 aliphatic rings. The summed E-state index contributed by atoms with van der Waals surface area (Å²) in [6.45, 7) is 3.28. The maximum atomic E-state index is 3.69. The van der Waals surface area contributed by atoms with E-state index in [0.29, 0.717) is 5.92 Å². The average molecular weight is 271 g/mol. The summed E-state index contributed by atoms with van der Waals surface area (Å²) < 4.78 is 0. The van der Waals surface area contributed by atoms with Gasteiger partial charge in [0, 0.05) is 23.4 Å². The number of nitrogens with one attached hydrogen (secondary N) is 1. The Morgan fingerprint density at radius 1 is 1.26 bits per heavy atom. The molecule has 1 unspecified atom stereocenters. The van der Waals surface area contributed by atoms with Crippen LogP contribution in [0.2, 0.25) is 0 Å². The molecule has 1 fully saturated rings. The number of rotatable bonds is 6. The molecule has 0 saturated heterocycles. The van der Waals surface area contributed by atoms with E-state index in [1.165, 1.54) is 28.8 Å². The highest BCUT2D eigenvalue weighted by molar-refractivity contribution is 7.09. The minimum atomic E-state index is 0.596. The summed E-state index contributed by atoms with van der Waals surface area (Å²) in [5.41, 5.74) is 2.83. The molecular weight excluding hydrogens is 250 g/mol. The van der Waals surface area contributed by atoms with Crippen LogP contribution in [0.3, 0.4) is 0 Å². The van der Waals surface area contributed by atoms with E-state index in [9.17, 15) is 0 Å². The first-order chi connectivity index (χ1) is 9.31. The lowest BCUT2D eigenvalue weighted by molar-refractivity contribution is 0.580. The maximum absolute atomic E-state index is 3.69. The van der Waals surface area contributed by atoms with Gasteiger partial charge >= 0.3 is 0 Å². The number of hydrogen-bond acceptors (Lipinski definition) is 2. The molecule has 3 rings (SSSR count). The zero-order valence-electron chi connectivity index (χ0n) is 11.4. The Labute approximate surface area is 119 Å². The molecule has 1 aromatic heterocycles. The van der Waals surface area contributed by atoms with E-state index in [1.807, 2.05) is 11.3 Å². The fourth-order valence-corrected chi connectivity index (χ4v) is 3.29. The first-order valence-corrected chi connectivity index (χ1v) is 8.01. The van der Waals surface area contributed by atoms with Crippen LogP contribution >= 0.6 is 11.3 Å². The summed E-state index contributed by atoms with van der Waals surface area (Å²) in [5, 5.41) is 5.87. The van der Waals surface area contributed by atoms with Gasteiger partial charge in [-0.25, -0.2) is 0 Å². The molecule has 1 aromatic carbocycles. The molecule has 0 aliphatic heterocycles. The smallest absolute Gasteiger partial charge is 0.00684 e. The summed E-state index contributed by atoms with van der Waals surface area (Å²) in [5.74, 6) is 0.596. The van der Waals surface area contributed by atoms with Gasteiger partial charge in [0.25, 0.3) is 0 Å². The van der Waals surface area contributed by atoms with Gasteiger partial charge in [-0.1, -0.05) is 35.9 Å². The van der Waals surface area contributed by atoms with Gasteiger partial charge in [-0.3, -0.25) is 0 Å². The van der Waals surface area contributed by atoms with Crippen LogP contribution in [-0.2, 0) is 6.42 Å². The van der Waals surface area contributed by atoms with Crippen molar-refractivity contribution < 1.29 is 0 Å². The Morgan fingerprint density at radius 3 is 2.84 bits per heavy atom. The fourth-order valence-electron chi connectivity index (χ4n) is 2.50. The molecule has 2 heteroatoms. The second-order valence-corrected chi connectivity index (χ2v) is 6.61. The SMILES string of the molecule is Cc1cccc(C(CNC2CC2)Cc2cccs2)c1. The van der Waals surface area contributed by atoms with Gasteiger partial charge in [0.1, 0.15) is 0 Å². The van der Waals surface area contributed by atoms with Crippen LogP contribution in [-0.4, -0.2) is 12.6 Å². The highest BCUT2D eigenvalue weighted by Crippen LogP contribution is 2.26. The average Bonchev–Trinajstić information content (AvgIpc) is 3.10. The van der Waals surface area contributed by atoms with Gasteiger partial charge in [0.05, 0.1) is 0 Å². The number of thiophene rings is 1. The van der Waals surface area contributed by atoms with Crippen LogP contribution in [0.25, 0.3) is 0 Å². The van der Waals surface area contributed by atoms with Crippen LogP contribution in [0.5, 0.6) is 0 Å². The standard InChI is InChI=1S/C17H21NS/c1-13-4-2-5-14(10-13)15(12-18-16-7-8-16)11-17-6-3-9-19-17/h2-6,9-10,15-16,18H,7-8,11-12H2,1H3. The van der Waals surface area contributed by atoms with E-state index in [2.05, 4.69) is 54.0 Å². The summed E-state index contributed by atoms with van der Waals surface area (Å²) in [6, 6.07) is 14.2. The molecule has 1 nitrogen and oxygen atoms in total. The molecule has 0 bridgehead atoms. The predicted molar refractivity (Wildman–Crippen MR) is 83.0 cm³/mol. The van der Waals surface area contributed by atoms with E-state index >= 15 is 0 Å². The van der Waals surface area contributed by atoms with Gasteiger partial charge in [-0.15, -0.1) is 11.3 Å². The third kappa shape index (κ3) is 3.68. The number of hydrogen-bond donors (Lipinski definition) is 1. The van der Waals surface area contributed by atoms with Crippen molar-refractivity contribution in [2.75, 3.05) is 6.54 Å². The monoisotopic (exact) mass is 271 g/mol. The third-order valence-corrected chi connectivity index (χ3v) is 4.67. The number of aryl methyl sites for hydroxylation is 1. The van der Waals surface area contributed by atoms with Crippen LogP contribution in [0, 0.1) is 6.92 Å².